The first-order chi connectivity index (χ1) is 9.03. The molecular weight excluding hydrogens is 274 g/mol. The molecule has 2 nitrogen and oxygen atoms in total. The molecule has 0 spiro atoms. The number of thioether (sulfide) groups is 1. The lowest BCUT2D eigenvalue weighted by molar-refractivity contribution is -0.0643. The van der Waals surface area contributed by atoms with Crippen molar-refractivity contribution in [2.45, 2.75) is 67.2 Å². The largest absolute Gasteiger partial charge is 0.375 e. The van der Waals surface area contributed by atoms with Crippen LogP contribution in [0, 0.1) is 0 Å². The fourth-order valence-corrected chi connectivity index (χ4v) is 5.73. The Balaban J connectivity index is 1.70. The Kier molecular flexibility index (Phi) is 3.96. The molecular formula is C15H23NOS2. The molecule has 1 aromatic heterocycles. The maximum Gasteiger partial charge on any atom is 0.0649 e. The first-order valence-electron chi connectivity index (χ1n) is 7.17. The van der Waals surface area contributed by atoms with Gasteiger partial charge in [-0.25, -0.2) is 0 Å². The SMILES string of the molecule is C[C@H]1CC(NC2CCOC(C)(C)C2)c2ccsc2S1. The standard InChI is InChI=1S/C15H23NOS2/c1-10-8-13(12-5-7-18-14(12)19-10)16-11-4-6-17-15(2,3)9-11/h5,7,10-11,13,16H,4,6,8-9H2,1-3H3/t10-,11?,13?/m0/s1. The van der Waals surface area contributed by atoms with E-state index in [0.29, 0.717) is 12.1 Å². The zero-order chi connectivity index (χ0) is 13.5. The van der Waals surface area contributed by atoms with E-state index in [9.17, 15) is 0 Å². The van der Waals surface area contributed by atoms with Crippen LogP contribution < -0.4 is 5.32 Å². The van der Waals surface area contributed by atoms with Crippen molar-refractivity contribution in [3.63, 3.8) is 0 Å². The number of thiophene rings is 1. The highest BCUT2D eigenvalue weighted by Crippen LogP contribution is 2.44. The molecule has 1 N–H and O–H groups in total. The number of hydrogen-bond acceptors (Lipinski definition) is 4. The Hall–Kier alpha value is -0.0300. The van der Waals surface area contributed by atoms with Crippen LogP contribution in [-0.2, 0) is 4.74 Å². The van der Waals surface area contributed by atoms with Crippen molar-refractivity contribution in [3.05, 3.63) is 17.0 Å². The van der Waals surface area contributed by atoms with Crippen molar-refractivity contribution in [2.24, 2.45) is 0 Å². The van der Waals surface area contributed by atoms with E-state index in [2.05, 4.69) is 37.5 Å². The minimum atomic E-state index is 0.0302. The minimum Gasteiger partial charge on any atom is -0.375 e. The second-order valence-electron chi connectivity index (χ2n) is 6.34. The molecule has 0 aromatic carbocycles. The highest BCUT2D eigenvalue weighted by Gasteiger charge is 2.33. The number of hydrogen-bond donors (Lipinski definition) is 1. The van der Waals surface area contributed by atoms with Crippen LogP contribution in [0.5, 0.6) is 0 Å². The van der Waals surface area contributed by atoms with Crippen molar-refractivity contribution in [3.8, 4) is 0 Å². The lowest BCUT2D eigenvalue weighted by atomic mass is 9.92. The summed E-state index contributed by atoms with van der Waals surface area (Å²) in [6, 6.07) is 3.44. The van der Waals surface area contributed by atoms with Gasteiger partial charge < -0.3 is 10.1 Å². The first-order valence-corrected chi connectivity index (χ1v) is 8.93. The molecule has 1 saturated heterocycles. The van der Waals surface area contributed by atoms with E-state index in [1.807, 2.05) is 23.1 Å². The summed E-state index contributed by atoms with van der Waals surface area (Å²) in [6.07, 6.45) is 3.50. The number of nitrogens with one attached hydrogen (secondary N) is 1. The topological polar surface area (TPSA) is 21.3 Å². The highest BCUT2D eigenvalue weighted by molar-refractivity contribution is 8.01. The Morgan fingerprint density at radius 1 is 1.42 bits per heavy atom. The van der Waals surface area contributed by atoms with Gasteiger partial charge in [0.05, 0.1) is 9.81 Å². The van der Waals surface area contributed by atoms with E-state index in [0.717, 1.165) is 24.7 Å². The number of fused-ring (bicyclic) bond motifs is 1. The molecule has 1 fully saturated rings. The Morgan fingerprint density at radius 2 is 2.26 bits per heavy atom. The number of rotatable bonds is 2. The van der Waals surface area contributed by atoms with Crippen LogP contribution in [0.25, 0.3) is 0 Å². The Bertz CT molecular complexity index is 443. The minimum absolute atomic E-state index is 0.0302. The second kappa shape index (κ2) is 5.40. The second-order valence-corrected chi connectivity index (χ2v) is 8.97. The molecule has 4 heteroatoms. The fourth-order valence-electron chi connectivity index (χ4n) is 3.17. The summed E-state index contributed by atoms with van der Waals surface area (Å²) in [5.41, 5.74) is 1.56. The van der Waals surface area contributed by atoms with Gasteiger partial charge in [-0.1, -0.05) is 6.92 Å². The van der Waals surface area contributed by atoms with Crippen LogP contribution in [0.4, 0.5) is 0 Å². The molecule has 2 aliphatic rings. The van der Waals surface area contributed by atoms with Crippen LogP contribution in [-0.4, -0.2) is 23.5 Å². The van der Waals surface area contributed by atoms with E-state index >= 15 is 0 Å². The molecule has 0 bridgehead atoms. The molecule has 19 heavy (non-hydrogen) atoms. The summed E-state index contributed by atoms with van der Waals surface area (Å²) in [6.45, 7) is 7.64. The third kappa shape index (κ3) is 3.18. The van der Waals surface area contributed by atoms with Gasteiger partial charge in [0.15, 0.2) is 0 Å². The van der Waals surface area contributed by atoms with E-state index < -0.39 is 0 Å². The summed E-state index contributed by atoms with van der Waals surface area (Å²) < 4.78 is 7.33. The van der Waals surface area contributed by atoms with E-state index in [1.54, 1.807) is 0 Å². The van der Waals surface area contributed by atoms with Crippen LogP contribution in [0.3, 0.4) is 0 Å². The Morgan fingerprint density at radius 3 is 3.05 bits per heavy atom. The predicted octanol–water partition coefficient (Wildman–Crippen LogP) is 4.22. The fraction of sp³-hybridized carbons (Fsp3) is 0.733. The smallest absolute Gasteiger partial charge is 0.0649 e. The zero-order valence-corrected chi connectivity index (χ0v) is 13.6. The van der Waals surface area contributed by atoms with Crippen molar-refractivity contribution >= 4 is 23.1 Å². The van der Waals surface area contributed by atoms with Crippen LogP contribution in [0.2, 0.25) is 0 Å². The van der Waals surface area contributed by atoms with Gasteiger partial charge in [-0.2, -0.15) is 0 Å². The van der Waals surface area contributed by atoms with E-state index in [-0.39, 0.29) is 5.60 Å². The van der Waals surface area contributed by atoms with Gasteiger partial charge in [0, 0.05) is 23.9 Å². The summed E-state index contributed by atoms with van der Waals surface area (Å²) in [4.78, 5) is 0. The molecule has 3 heterocycles. The maximum atomic E-state index is 5.82. The van der Waals surface area contributed by atoms with Crippen molar-refractivity contribution in [1.82, 2.24) is 5.32 Å². The molecule has 0 radical (unpaired) electrons. The van der Waals surface area contributed by atoms with Crippen molar-refractivity contribution < 1.29 is 4.74 Å². The highest BCUT2D eigenvalue weighted by atomic mass is 32.2. The normalized spacial score (nSPS) is 33.9. The lowest BCUT2D eigenvalue weighted by Gasteiger charge is -2.39. The van der Waals surface area contributed by atoms with Crippen LogP contribution in [0.1, 0.15) is 51.6 Å². The van der Waals surface area contributed by atoms with Gasteiger partial charge >= 0.3 is 0 Å². The van der Waals surface area contributed by atoms with Gasteiger partial charge in [0.25, 0.3) is 0 Å². The molecule has 0 aliphatic carbocycles. The van der Waals surface area contributed by atoms with Crippen LogP contribution >= 0.6 is 23.1 Å². The van der Waals surface area contributed by atoms with E-state index in [4.69, 9.17) is 4.74 Å². The zero-order valence-electron chi connectivity index (χ0n) is 11.9. The Labute approximate surface area is 124 Å². The molecule has 2 unspecified atom stereocenters. The first kappa shape index (κ1) is 13.9. The monoisotopic (exact) mass is 297 g/mol. The van der Waals surface area contributed by atoms with E-state index in [1.165, 1.54) is 16.2 Å². The maximum absolute atomic E-state index is 5.82. The quantitative estimate of drug-likeness (QED) is 0.883. The number of ether oxygens (including phenoxy) is 1. The molecule has 2 aliphatic heterocycles. The van der Waals surface area contributed by atoms with Crippen LogP contribution in [0.15, 0.2) is 15.7 Å². The molecule has 1 aromatic rings. The third-order valence-corrected chi connectivity index (χ3v) is 6.39. The average molecular weight is 297 g/mol. The van der Waals surface area contributed by atoms with Gasteiger partial charge in [-0.05, 0) is 50.1 Å². The predicted molar refractivity (Wildman–Crippen MR) is 83.2 cm³/mol. The van der Waals surface area contributed by atoms with Gasteiger partial charge in [-0.15, -0.1) is 23.1 Å². The summed E-state index contributed by atoms with van der Waals surface area (Å²) in [7, 11) is 0. The van der Waals surface area contributed by atoms with Gasteiger partial charge in [0.1, 0.15) is 0 Å². The van der Waals surface area contributed by atoms with Crippen molar-refractivity contribution in [2.75, 3.05) is 6.61 Å². The lowest BCUT2D eigenvalue weighted by Crippen LogP contribution is -2.45. The third-order valence-electron chi connectivity index (χ3n) is 4.04. The summed E-state index contributed by atoms with van der Waals surface area (Å²) >= 11 is 3.93. The molecule has 0 saturated carbocycles. The summed E-state index contributed by atoms with van der Waals surface area (Å²) in [5.74, 6) is 0. The molecule has 106 valence electrons. The molecule has 3 atom stereocenters. The molecule has 0 amide bonds. The summed E-state index contributed by atoms with van der Waals surface area (Å²) in [5, 5.41) is 6.85. The van der Waals surface area contributed by atoms with Crippen molar-refractivity contribution in [1.29, 1.82) is 0 Å². The van der Waals surface area contributed by atoms with Gasteiger partial charge in [-0.3, -0.25) is 0 Å². The van der Waals surface area contributed by atoms with Gasteiger partial charge in [0.2, 0.25) is 0 Å². The average Bonchev–Trinajstić information content (AvgIpc) is 2.75. The molecule has 3 rings (SSSR count).